The van der Waals surface area contributed by atoms with E-state index in [9.17, 15) is 17.6 Å². The molecule has 0 aliphatic carbocycles. The van der Waals surface area contributed by atoms with E-state index in [4.69, 9.17) is 4.74 Å². The summed E-state index contributed by atoms with van der Waals surface area (Å²) in [5, 5.41) is 2.63. The number of carbonyl (C=O) groups is 1. The number of hydrogen-bond acceptors (Lipinski definition) is 4. The molecule has 0 saturated carbocycles. The van der Waals surface area contributed by atoms with E-state index in [1.807, 2.05) is 32.0 Å². The first-order valence-corrected chi connectivity index (χ1v) is 13.2. The molecule has 0 unspecified atom stereocenters. The summed E-state index contributed by atoms with van der Waals surface area (Å²) in [6.45, 7) is 11.4. The summed E-state index contributed by atoms with van der Waals surface area (Å²) in [5.74, 6) is -0.708. The Hall–Kier alpha value is -3.07. The molecule has 2 N–H and O–H groups in total. The van der Waals surface area contributed by atoms with Gasteiger partial charge in [-0.3, -0.25) is 4.79 Å². The molecule has 0 spiro atoms. The molecule has 0 atom stereocenters. The van der Waals surface area contributed by atoms with Crippen LogP contribution in [0.1, 0.15) is 48.6 Å². The van der Waals surface area contributed by atoms with Gasteiger partial charge in [0, 0.05) is 14.1 Å². The van der Waals surface area contributed by atoms with Crippen molar-refractivity contribution in [2.45, 2.75) is 58.6 Å². The fraction of sp³-hybridized carbons (Fsp3) is 0.321. The second kappa shape index (κ2) is 15.1. The van der Waals surface area contributed by atoms with Crippen molar-refractivity contribution in [3.8, 4) is 0 Å². The van der Waals surface area contributed by atoms with Crippen LogP contribution in [0.5, 0.6) is 0 Å². The number of hydrogen-bond donors (Lipinski definition) is 2. The zero-order valence-corrected chi connectivity index (χ0v) is 22.7. The quantitative estimate of drug-likeness (QED) is 0.369. The zero-order chi connectivity index (χ0) is 27.2. The first-order valence-electron chi connectivity index (χ1n) is 11.7. The van der Waals surface area contributed by atoms with Crippen LogP contribution in [0.25, 0.3) is 0 Å². The number of aryl methyl sites for hydroxylation is 1. The van der Waals surface area contributed by atoms with E-state index in [0.29, 0.717) is 5.69 Å². The van der Waals surface area contributed by atoms with Crippen LogP contribution in [0.2, 0.25) is 0 Å². The van der Waals surface area contributed by atoms with E-state index in [1.165, 1.54) is 42.0 Å². The Labute approximate surface area is 217 Å². The number of sulfonamides is 1. The first-order chi connectivity index (χ1) is 16.9. The first kappa shape index (κ1) is 31.0. The molecule has 0 aliphatic heterocycles. The molecule has 0 aromatic heterocycles. The number of carbonyl (C=O) groups excluding carboxylic acids is 1. The van der Waals surface area contributed by atoms with Gasteiger partial charge in [0.15, 0.2) is 0 Å². The van der Waals surface area contributed by atoms with E-state index in [2.05, 4.69) is 29.1 Å². The molecule has 36 heavy (non-hydrogen) atoms. The number of halogens is 1. The van der Waals surface area contributed by atoms with Gasteiger partial charge in [-0.05, 0) is 69.7 Å². The number of anilines is 1. The fourth-order valence-electron chi connectivity index (χ4n) is 2.75. The molecule has 0 aliphatic rings. The maximum absolute atomic E-state index is 12.8. The van der Waals surface area contributed by atoms with Gasteiger partial charge in [0.05, 0.1) is 11.5 Å². The highest BCUT2D eigenvalue weighted by Gasteiger charge is 2.21. The molecule has 200 valence electrons. The van der Waals surface area contributed by atoms with Gasteiger partial charge in [0.1, 0.15) is 12.4 Å². The number of amides is 1. The van der Waals surface area contributed by atoms with Crippen molar-refractivity contribution >= 4 is 21.6 Å². The van der Waals surface area contributed by atoms with Crippen molar-refractivity contribution in [3.05, 3.63) is 95.8 Å². The molecule has 1 amide bonds. The van der Waals surface area contributed by atoms with Gasteiger partial charge in [-0.15, -0.1) is 0 Å². The molecular weight excluding hydrogens is 479 g/mol. The van der Waals surface area contributed by atoms with Gasteiger partial charge in [0.2, 0.25) is 15.9 Å². The van der Waals surface area contributed by atoms with Crippen LogP contribution in [-0.2, 0) is 26.2 Å². The summed E-state index contributed by atoms with van der Waals surface area (Å²) in [4.78, 5) is 12.0. The van der Waals surface area contributed by atoms with Crippen LogP contribution < -0.4 is 10.0 Å². The summed E-state index contributed by atoms with van der Waals surface area (Å²) in [5.41, 5.74) is 1.95. The third-order valence-corrected chi connectivity index (χ3v) is 6.02. The third kappa shape index (κ3) is 12.6. The molecule has 8 heteroatoms. The van der Waals surface area contributed by atoms with Crippen molar-refractivity contribution in [1.82, 2.24) is 4.72 Å². The molecular formula is C28H41FN2O4S. The van der Waals surface area contributed by atoms with Crippen LogP contribution in [0.15, 0.2) is 83.8 Å². The highest BCUT2D eigenvalue weighted by atomic mass is 32.2. The normalized spacial score (nSPS) is 10.9. The minimum absolute atomic E-state index is 0. The van der Waals surface area contributed by atoms with E-state index >= 15 is 0 Å². The molecule has 3 aromatic carbocycles. The van der Waals surface area contributed by atoms with Crippen LogP contribution in [0, 0.1) is 12.7 Å². The average molecular weight is 521 g/mol. The molecule has 0 radical (unpaired) electrons. The van der Waals surface area contributed by atoms with Gasteiger partial charge in [0.25, 0.3) is 0 Å². The lowest BCUT2D eigenvalue weighted by molar-refractivity contribution is -0.121. The van der Waals surface area contributed by atoms with Gasteiger partial charge >= 0.3 is 0 Å². The zero-order valence-electron chi connectivity index (χ0n) is 21.8. The van der Waals surface area contributed by atoms with Crippen molar-refractivity contribution in [2.24, 2.45) is 0 Å². The summed E-state index contributed by atoms with van der Waals surface area (Å²) in [6.07, 6.45) is 0. The Morgan fingerprint density at radius 1 is 0.917 bits per heavy atom. The molecule has 0 heterocycles. The van der Waals surface area contributed by atoms with Crippen molar-refractivity contribution in [1.29, 1.82) is 0 Å². The highest BCUT2D eigenvalue weighted by molar-refractivity contribution is 7.89. The Kier molecular flexibility index (Phi) is 13.0. The van der Waals surface area contributed by atoms with E-state index in [0.717, 1.165) is 5.56 Å². The Balaban J connectivity index is 0. The summed E-state index contributed by atoms with van der Waals surface area (Å²) < 4.78 is 45.1. The number of rotatable bonds is 7. The minimum Gasteiger partial charge on any atom is -0.367 e. The molecule has 3 rings (SSSR count). The third-order valence-electron chi connectivity index (χ3n) is 4.24. The van der Waals surface area contributed by atoms with Crippen LogP contribution >= 0.6 is 0 Å². The van der Waals surface area contributed by atoms with Crippen LogP contribution in [0.3, 0.4) is 0 Å². The second-order valence-electron chi connectivity index (χ2n) is 8.70. The van der Waals surface area contributed by atoms with Crippen molar-refractivity contribution < 1.29 is 25.2 Å². The second-order valence-corrected chi connectivity index (χ2v) is 10.4. The topological polar surface area (TPSA) is 84.5 Å². The van der Waals surface area contributed by atoms with Gasteiger partial charge in [-0.2, -0.15) is 0 Å². The lowest BCUT2D eigenvalue weighted by Gasteiger charge is -2.20. The maximum atomic E-state index is 12.8. The Morgan fingerprint density at radius 2 is 1.47 bits per heavy atom. The lowest BCUT2D eigenvalue weighted by atomic mass is 10.1. The van der Waals surface area contributed by atoms with E-state index in [-0.39, 0.29) is 32.7 Å². The molecule has 6 nitrogen and oxygen atoms in total. The number of ether oxygens (including phenoxy) is 1. The molecule has 0 fully saturated rings. The lowest BCUT2D eigenvalue weighted by Crippen LogP contribution is -2.40. The van der Waals surface area contributed by atoms with E-state index < -0.39 is 15.6 Å². The fourth-order valence-corrected chi connectivity index (χ4v) is 4.17. The maximum Gasteiger partial charge on any atom is 0.250 e. The molecule has 3 aromatic rings. The minimum atomic E-state index is -3.63. The van der Waals surface area contributed by atoms with Crippen LogP contribution in [0.4, 0.5) is 10.1 Å². The van der Waals surface area contributed by atoms with Gasteiger partial charge < -0.3 is 10.1 Å². The summed E-state index contributed by atoms with van der Waals surface area (Å²) in [6, 6.07) is 21.9. The SMILES string of the molecule is CC.CC(C)(C)NS(=O)(=O)c1ccc(NC(=O)COCc2ccc(F)cc2)cc1.Cc1ccccc1.[HH].[HH]. The summed E-state index contributed by atoms with van der Waals surface area (Å²) in [7, 11) is -3.63. The monoisotopic (exact) mass is 520 g/mol. The Bertz CT molecular complexity index is 1150. The highest BCUT2D eigenvalue weighted by Crippen LogP contribution is 2.16. The van der Waals surface area contributed by atoms with Gasteiger partial charge in [-0.25, -0.2) is 17.5 Å². The average Bonchev–Trinajstić information content (AvgIpc) is 2.81. The predicted octanol–water partition coefficient (Wildman–Crippen LogP) is 6.57. The number of benzene rings is 3. The molecule has 0 saturated heterocycles. The summed E-state index contributed by atoms with van der Waals surface area (Å²) >= 11 is 0. The molecule has 0 bridgehead atoms. The smallest absolute Gasteiger partial charge is 0.250 e. The van der Waals surface area contributed by atoms with Crippen LogP contribution in [-0.4, -0.2) is 26.5 Å². The van der Waals surface area contributed by atoms with Gasteiger partial charge in [-0.1, -0.05) is 61.9 Å². The standard InChI is InChI=1S/C19H23FN2O4S.C7H8.C2H6.2H2/c1-19(2,3)22-27(24,25)17-10-8-16(9-11-17)21-18(23)13-26-12-14-4-6-15(20)7-5-14;1-7-5-3-2-4-6-7;1-2;;/h4-11,22H,12-13H2,1-3H3,(H,21,23);2-6H,1H3;1-2H3;2*1H. The Morgan fingerprint density at radius 3 is 1.94 bits per heavy atom. The van der Waals surface area contributed by atoms with Crippen molar-refractivity contribution in [2.75, 3.05) is 11.9 Å². The largest absolute Gasteiger partial charge is 0.367 e. The predicted molar refractivity (Wildman–Crippen MR) is 148 cm³/mol. The van der Waals surface area contributed by atoms with Crippen molar-refractivity contribution in [3.63, 3.8) is 0 Å². The number of nitrogens with one attached hydrogen (secondary N) is 2. The van der Waals surface area contributed by atoms with E-state index in [1.54, 1.807) is 32.9 Å².